The SMILES string of the molecule is O=C(C=Cc1ccc(-c2ccc(Br)cc2)s1)NCc1nccs1. The number of carbonyl (C=O) groups excluding carboxylic acids is 1. The summed E-state index contributed by atoms with van der Waals surface area (Å²) < 4.78 is 1.06. The molecule has 0 aliphatic carbocycles. The van der Waals surface area contributed by atoms with Crippen molar-refractivity contribution in [3.8, 4) is 10.4 Å². The van der Waals surface area contributed by atoms with Crippen LogP contribution in [0.1, 0.15) is 9.88 Å². The van der Waals surface area contributed by atoms with Gasteiger partial charge >= 0.3 is 0 Å². The van der Waals surface area contributed by atoms with Crippen LogP contribution in [-0.2, 0) is 11.3 Å². The molecule has 116 valence electrons. The summed E-state index contributed by atoms with van der Waals surface area (Å²) in [5, 5.41) is 5.62. The number of aromatic nitrogens is 1. The van der Waals surface area contributed by atoms with E-state index in [1.807, 2.05) is 29.7 Å². The molecular weight excluding hydrogens is 392 g/mol. The van der Waals surface area contributed by atoms with Gasteiger partial charge in [0.2, 0.25) is 5.91 Å². The van der Waals surface area contributed by atoms with E-state index in [1.54, 1.807) is 23.6 Å². The summed E-state index contributed by atoms with van der Waals surface area (Å²) in [5.74, 6) is -0.112. The van der Waals surface area contributed by atoms with Gasteiger partial charge in [-0.3, -0.25) is 4.79 Å². The molecule has 1 N–H and O–H groups in total. The first-order valence-corrected chi connectivity index (χ1v) is 9.40. The number of nitrogens with one attached hydrogen (secondary N) is 1. The molecule has 0 bridgehead atoms. The number of benzene rings is 1. The van der Waals surface area contributed by atoms with Crippen LogP contribution in [0, 0.1) is 0 Å². The summed E-state index contributed by atoms with van der Waals surface area (Å²) in [4.78, 5) is 18.2. The number of nitrogens with zero attached hydrogens (tertiary/aromatic N) is 1. The van der Waals surface area contributed by atoms with E-state index >= 15 is 0 Å². The van der Waals surface area contributed by atoms with Gasteiger partial charge in [-0.25, -0.2) is 4.98 Å². The van der Waals surface area contributed by atoms with Gasteiger partial charge in [-0.2, -0.15) is 0 Å². The Kier molecular flexibility index (Phi) is 5.38. The first-order chi connectivity index (χ1) is 11.2. The van der Waals surface area contributed by atoms with Crippen molar-refractivity contribution in [1.29, 1.82) is 0 Å². The van der Waals surface area contributed by atoms with Crippen LogP contribution in [0.2, 0.25) is 0 Å². The molecule has 0 radical (unpaired) electrons. The predicted octanol–water partition coefficient (Wildman–Crippen LogP) is 4.96. The summed E-state index contributed by atoms with van der Waals surface area (Å²) in [7, 11) is 0. The minimum atomic E-state index is -0.112. The lowest BCUT2D eigenvalue weighted by Crippen LogP contribution is -2.19. The lowest BCUT2D eigenvalue weighted by atomic mass is 10.2. The fraction of sp³-hybridized carbons (Fsp3) is 0.0588. The van der Waals surface area contributed by atoms with Gasteiger partial charge in [-0.15, -0.1) is 22.7 Å². The second kappa shape index (κ2) is 7.68. The molecule has 3 rings (SSSR count). The second-order valence-corrected chi connectivity index (χ2v) is 7.70. The Hall–Kier alpha value is -1.76. The lowest BCUT2D eigenvalue weighted by molar-refractivity contribution is -0.116. The first-order valence-electron chi connectivity index (χ1n) is 6.91. The van der Waals surface area contributed by atoms with Gasteiger partial charge in [-0.1, -0.05) is 28.1 Å². The molecule has 2 aromatic heterocycles. The third-order valence-corrected chi connectivity index (χ3v) is 5.46. The Morgan fingerprint density at radius 1 is 1.22 bits per heavy atom. The fourth-order valence-electron chi connectivity index (χ4n) is 1.93. The zero-order chi connectivity index (χ0) is 16.1. The summed E-state index contributed by atoms with van der Waals surface area (Å²) in [6.07, 6.45) is 5.13. The maximum Gasteiger partial charge on any atom is 0.244 e. The fourth-order valence-corrected chi connectivity index (χ4v) is 3.67. The Bertz CT molecular complexity index is 808. The molecule has 0 fully saturated rings. The van der Waals surface area contributed by atoms with Gasteiger partial charge in [0.05, 0.1) is 6.54 Å². The minimum Gasteiger partial charge on any atom is -0.346 e. The summed E-state index contributed by atoms with van der Waals surface area (Å²) in [6, 6.07) is 12.3. The molecule has 0 unspecified atom stereocenters. The zero-order valence-corrected chi connectivity index (χ0v) is 15.2. The second-order valence-electron chi connectivity index (χ2n) is 4.69. The minimum absolute atomic E-state index is 0.112. The number of halogens is 1. The quantitative estimate of drug-likeness (QED) is 0.610. The number of hydrogen-bond donors (Lipinski definition) is 1. The highest BCUT2D eigenvalue weighted by Crippen LogP contribution is 2.29. The summed E-state index contributed by atoms with van der Waals surface area (Å²) in [6.45, 7) is 0.468. The Labute approximate surface area is 150 Å². The maximum atomic E-state index is 11.8. The van der Waals surface area contributed by atoms with Crippen molar-refractivity contribution in [2.45, 2.75) is 6.54 Å². The molecule has 1 aromatic carbocycles. The van der Waals surface area contributed by atoms with Gasteiger partial charge in [-0.05, 0) is 35.9 Å². The van der Waals surface area contributed by atoms with Gasteiger partial charge in [0.1, 0.15) is 5.01 Å². The smallest absolute Gasteiger partial charge is 0.244 e. The number of thiophene rings is 1. The van der Waals surface area contributed by atoms with E-state index in [9.17, 15) is 4.79 Å². The molecule has 1 amide bonds. The van der Waals surface area contributed by atoms with Crippen molar-refractivity contribution in [2.75, 3.05) is 0 Å². The topological polar surface area (TPSA) is 42.0 Å². The first kappa shape index (κ1) is 16.1. The van der Waals surface area contributed by atoms with E-state index in [-0.39, 0.29) is 5.91 Å². The number of carbonyl (C=O) groups is 1. The van der Waals surface area contributed by atoms with Crippen molar-refractivity contribution in [2.24, 2.45) is 0 Å². The van der Waals surface area contributed by atoms with Gasteiger partial charge < -0.3 is 5.32 Å². The Morgan fingerprint density at radius 2 is 2.04 bits per heavy atom. The molecular formula is C17H13BrN2OS2. The van der Waals surface area contributed by atoms with Crippen molar-refractivity contribution in [3.05, 3.63) is 68.4 Å². The van der Waals surface area contributed by atoms with E-state index < -0.39 is 0 Å². The molecule has 0 aliphatic rings. The monoisotopic (exact) mass is 404 g/mol. The highest BCUT2D eigenvalue weighted by molar-refractivity contribution is 9.10. The van der Waals surface area contributed by atoms with Crippen molar-refractivity contribution in [3.63, 3.8) is 0 Å². The highest BCUT2D eigenvalue weighted by Gasteiger charge is 2.02. The van der Waals surface area contributed by atoms with Crippen molar-refractivity contribution in [1.82, 2.24) is 10.3 Å². The lowest BCUT2D eigenvalue weighted by Gasteiger charge is -1.97. The van der Waals surface area contributed by atoms with E-state index in [4.69, 9.17) is 0 Å². The molecule has 0 saturated heterocycles. The predicted molar refractivity (Wildman–Crippen MR) is 100 cm³/mol. The van der Waals surface area contributed by atoms with Crippen LogP contribution >= 0.6 is 38.6 Å². The summed E-state index contributed by atoms with van der Waals surface area (Å²) in [5.41, 5.74) is 1.17. The number of amides is 1. The third kappa shape index (κ3) is 4.60. The van der Waals surface area contributed by atoms with Crippen molar-refractivity contribution < 1.29 is 4.79 Å². The molecule has 6 heteroatoms. The average molecular weight is 405 g/mol. The largest absolute Gasteiger partial charge is 0.346 e. The molecule has 2 heterocycles. The Morgan fingerprint density at radius 3 is 2.78 bits per heavy atom. The molecule has 0 aliphatic heterocycles. The molecule has 3 aromatic rings. The van der Waals surface area contributed by atoms with Crippen LogP contribution in [0.15, 0.2) is 58.5 Å². The highest BCUT2D eigenvalue weighted by atomic mass is 79.9. The Balaban J connectivity index is 1.59. The van der Waals surface area contributed by atoms with Gasteiger partial charge in [0.25, 0.3) is 0 Å². The third-order valence-electron chi connectivity index (χ3n) is 3.05. The number of hydrogen-bond acceptors (Lipinski definition) is 4. The van der Waals surface area contributed by atoms with Crippen LogP contribution in [-0.4, -0.2) is 10.9 Å². The van der Waals surface area contributed by atoms with E-state index in [0.717, 1.165) is 14.4 Å². The zero-order valence-electron chi connectivity index (χ0n) is 12.0. The molecule has 0 atom stereocenters. The normalized spacial score (nSPS) is 11.0. The van der Waals surface area contributed by atoms with E-state index in [0.29, 0.717) is 6.54 Å². The molecule has 3 nitrogen and oxygen atoms in total. The van der Waals surface area contributed by atoms with Gasteiger partial charge in [0.15, 0.2) is 0 Å². The molecule has 0 saturated carbocycles. The van der Waals surface area contributed by atoms with Crippen molar-refractivity contribution >= 4 is 50.6 Å². The molecule has 23 heavy (non-hydrogen) atoms. The van der Waals surface area contributed by atoms with E-state index in [2.05, 4.69) is 44.4 Å². The maximum absolute atomic E-state index is 11.8. The van der Waals surface area contributed by atoms with Crippen LogP contribution < -0.4 is 5.32 Å². The van der Waals surface area contributed by atoms with Crippen LogP contribution in [0.3, 0.4) is 0 Å². The standard InChI is InChI=1S/C17H13BrN2OS2/c18-13-3-1-12(2-4-13)15-7-5-14(23-15)6-8-16(21)20-11-17-19-9-10-22-17/h1-10H,11H2,(H,20,21). The summed E-state index contributed by atoms with van der Waals surface area (Å²) >= 11 is 6.62. The van der Waals surface area contributed by atoms with Crippen LogP contribution in [0.4, 0.5) is 0 Å². The molecule has 0 spiro atoms. The number of rotatable bonds is 5. The average Bonchev–Trinajstić information content (AvgIpc) is 3.23. The van der Waals surface area contributed by atoms with Crippen LogP contribution in [0.25, 0.3) is 16.5 Å². The number of thiazole rings is 1. The van der Waals surface area contributed by atoms with Crippen LogP contribution in [0.5, 0.6) is 0 Å². The van der Waals surface area contributed by atoms with Gasteiger partial charge in [0, 0.05) is 31.9 Å². The van der Waals surface area contributed by atoms with E-state index in [1.165, 1.54) is 21.8 Å².